The van der Waals surface area contributed by atoms with Crippen LogP contribution in [0.4, 0.5) is 8.78 Å². The number of aldehydes is 1. The van der Waals surface area contributed by atoms with Gasteiger partial charge in [0, 0.05) is 12.7 Å². The van der Waals surface area contributed by atoms with Crippen LogP contribution >= 0.6 is 0 Å². The van der Waals surface area contributed by atoms with E-state index in [9.17, 15) is 22.0 Å². The number of halogens is 2. The number of carbonyl (C=O) groups excluding carboxylic acids is 1. The fourth-order valence-electron chi connectivity index (χ4n) is 1.27. The lowest BCUT2D eigenvalue weighted by molar-refractivity contribution is -0.107. The number of sulfone groups is 1. The van der Waals surface area contributed by atoms with E-state index in [2.05, 4.69) is 0 Å². The van der Waals surface area contributed by atoms with Gasteiger partial charge in [0.05, 0.1) is 0 Å². The van der Waals surface area contributed by atoms with Gasteiger partial charge in [0.2, 0.25) is 0 Å². The van der Waals surface area contributed by atoms with Crippen molar-refractivity contribution in [3.63, 3.8) is 0 Å². The van der Waals surface area contributed by atoms with E-state index < -0.39 is 26.4 Å². The average Bonchev–Trinajstić information content (AvgIpc) is 2.18. The smallest absolute Gasteiger partial charge is 0.178 e. The van der Waals surface area contributed by atoms with E-state index in [1.165, 1.54) is 6.07 Å². The Morgan fingerprint density at radius 2 is 1.88 bits per heavy atom. The number of hydrogen-bond donors (Lipinski definition) is 0. The van der Waals surface area contributed by atoms with Crippen LogP contribution in [0.2, 0.25) is 0 Å². The molecule has 0 amide bonds. The first-order chi connectivity index (χ1) is 7.38. The molecule has 0 heterocycles. The second kappa shape index (κ2) is 4.69. The maximum Gasteiger partial charge on any atom is 0.178 e. The molecule has 0 bridgehead atoms. The lowest BCUT2D eigenvalue weighted by Gasteiger charge is -2.05. The lowest BCUT2D eigenvalue weighted by Crippen LogP contribution is -2.05. The molecule has 0 unspecified atom stereocenters. The molecule has 3 nitrogen and oxygen atoms in total. The summed E-state index contributed by atoms with van der Waals surface area (Å²) in [6.07, 6.45) is 1.50. The summed E-state index contributed by atoms with van der Waals surface area (Å²) in [7, 11) is -3.78. The maximum absolute atomic E-state index is 13.4. The van der Waals surface area contributed by atoms with E-state index >= 15 is 0 Å². The zero-order chi connectivity index (χ0) is 12.3. The number of benzene rings is 1. The monoisotopic (exact) mass is 248 g/mol. The van der Waals surface area contributed by atoms with E-state index in [0.717, 1.165) is 12.3 Å². The van der Waals surface area contributed by atoms with Crippen molar-refractivity contribution in [1.29, 1.82) is 0 Å². The van der Waals surface area contributed by atoms with Crippen LogP contribution in [-0.4, -0.2) is 21.0 Å². The van der Waals surface area contributed by atoms with Gasteiger partial charge in [-0.05, 0) is 18.1 Å². The highest BCUT2D eigenvalue weighted by atomic mass is 32.2. The highest BCUT2D eigenvalue weighted by Crippen LogP contribution is 2.21. The molecule has 0 N–H and O–H groups in total. The van der Waals surface area contributed by atoms with Crippen molar-refractivity contribution in [3.05, 3.63) is 29.3 Å². The van der Waals surface area contributed by atoms with Gasteiger partial charge in [0.25, 0.3) is 0 Å². The van der Waals surface area contributed by atoms with Gasteiger partial charge in [0.1, 0.15) is 11.2 Å². The molecule has 16 heavy (non-hydrogen) atoms. The fraction of sp³-hybridized carbons (Fsp3) is 0.300. The average molecular weight is 248 g/mol. The molecule has 0 spiro atoms. The molecule has 0 radical (unpaired) electrons. The molecule has 0 aliphatic rings. The summed E-state index contributed by atoms with van der Waals surface area (Å²) in [6.45, 7) is 0. The Hall–Kier alpha value is -1.30. The molecule has 0 atom stereocenters. The zero-order valence-corrected chi connectivity index (χ0v) is 9.35. The van der Waals surface area contributed by atoms with Crippen LogP contribution in [0.25, 0.3) is 0 Å². The topological polar surface area (TPSA) is 51.2 Å². The Balaban J connectivity index is 3.23. The fourth-order valence-corrected chi connectivity index (χ4v) is 2.00. The van der Waals surface area contributed by atoms with Crippen molar-refractivity contribution in [1.82, 2.24) is 0 Å². The Kier molecular flexibility index (Phi) is 3.74. The first-order valence-electron chi connectivity index (χ1n) is 4.48. The Bertz CT molecular complexity index is 509. The van der Waals surface area contributed by atoms with Crippen molar-refractivity contribution in [2.24, 2.45) is 0 Å². The highest BCUT2D eigenvalue weighted by molar-refractivity contribution is 7.90. The zero-order valence-electron chi connectivity index (χ0n) is 8.54. The van der Waals surface area contributed by atoms with Gasteiger partial charge >= 0.3 is 0 Å². The SMILES string of the molecule is CS(=O)(=O)c1ccc(CCC=O)c(F)c1F. The first-order valence-corrected chi connectivity index (χ1v) is 6.37. The van der Waals surface area contributed by atoms with Gasteiger partial charge in [-0.1, -0.05) is 6.07 Å². The minimum atomic E-state index is -3.78. The molecule has 0 aliphatic carbocycles. The first kappa shape index (κ1) is 12.8. The summed E-state index contributed by atoms with van der Waals surface area (Å²) in [5.41, 5.74) is -0.00278. The van der Waals surface area contributed by atoms with Gasteiger partial charge in [-0.2, -0.15) is 0 Å². The predicted molar refractivity (Wildman–Crippen MR) is 53.9 cm³/mol. The summed E-state index contributed by atoms with van der Waals surface area (Å²) in [6, 6.07) is 2.19. The lowest BCUT2D eigenvalue weighted by atomic mass is 10.1. The number of carbonyl (C=O) groups is 1. The van der Waals surface area contributed by atoms with Crippen molar-refractivity contribution in [2.75, 3.05) is 6.26 Å². The molecule has 0 aromatic heterocycles. The minimum Gasteiger partial charge on any atom is -0.303 e. The summed E-state index contributed by atoms with van der Waals surface area (Å²) in [5.74, 6) is -2.59. The van der Waals surface area contributed by atoms with Crippen LogP contribution in [-0.2, 0) is 21.1 Å². The molecule has 0 saturated carbocycles. The van der Waals surface area contributed by atoms with Crippen molar-refractivity contribution < 1.29 is 22.0 Å². The van der Waals surface area contributed by atoms with Gasteiger partial charge in [-0.3, -0.25) is 0 Å². The van der Waals surface area contributed by atoms with Crippen LogP contribution in [0.3, 0.4) is 0 Å². The Morgan fingerprint density at radius 3 is 2.38 bits per heavy atom. The normalized spacial score (nSPS) is 11.4. The summed E-state index contributed by atoms with van der Waals surface area (Å²) >= 11 is 0. The molecular weight excluding hydrogens is 238 g/mol. The molecule has 0 saturated heterocycles. The Morgan fingerprint density at radius 1 is 1.25 bits per heavy atom. The summed E-state index contributed by atoms with van der Waals surface area (Å²) in [5, 5.41) is 0. The third-order valence-electron chi connectivity index (χ3n) is 2.06. The van der Waals surface area contributed by atoms with E-state index in [4.69, 9.17) is 0 Å². The van der Waals surface area contributed by atoms with Crippen molar-refractivity contribution >= 4 is 16.1 Å². The van der Waals surface area contributed by atoms with Gasteiger partial charge in [-0.15, -0.1) is 0 Å². The second-order valence-corrected chi connectivity index (χ2v) is 5.31. The summed E-state index contributed by atoms with van der Waals surface area (Å²) < 4.78 is 48.8. The van der Waals surface area contributed by atoms with Crippen LogP contribution in [0.1, 0.15) is 12.0 Å². The molecule has 0 aliphatic heterocycles. The number of hydrogen-bond acceptors (Lipinski definition) is 3. The molecule has 0 fully saturated rings. The summed E-state index contributed by atoms with van der Waals surface area (Å²) in [4.78, 5) is 9.42. The van der Waals surface area contributed by atoms with E-state index in [-0.39, 0.29) is 18.4 Å². The molecule has 1 aromatic carbocycles. The van der Waals surface area contributed by atoms with Gasteiger partial charge < -0.3 is 4.79 Å². The maximum atomic E-state index is 13.4. The highest BCUT2D eigenvalue weighted by Gasteiger charge is 2.19. The second-order valence-electron chi connectivity index (χ2n) is 3.33. The minimum absolute atomic E-state index is 0.00278. The quantitative estimate of drug-likeness (QED) is 0.759. The van der Waals surface area contributed by atoms with E-state index in [1.807, 2.05) is 0 Å². The predicted octanol–water partition coefficient (Wildman–Crippen LogP) is 1.50. The Labute approximate surface area is 92.0 Å². The van der Waals surface area contributed by atoms with Crippen LogP contribution in [0.5, 0.6) is 0 Å². The third kappa shape index (κ3) is 2.63. The largest absolute Gasteiger partial charge is 0.303 e. The molecule has 6 heteroatoms. The van der Waals surface area contributed by atoms with Gasteiger partial charge in [-0.25, -0.2) is 17.2 Å². The van der Waals surface area contributed by atoms with Crippen LogP contribution < -0.4 is 0 Å². The van der Waals surface area contributed by atoms with Crippen molar-refractivity contribution in [3.8, 4) is 0 Å². The third-order valence-corrected chi connectivity index (χ3v) is 3.17. The molecular formula is C10H10F2O3S. The molecule has 1 rings (SSSR count). The van der Waals surface area contributed by atoms with E-state index in [1.54, 1.807) is 0 Å². The standard InChI is InChI=1S/C10H10F2O3S/c1-16(14,15)8-5-4-7(3-2-6-13)9(11)10(8)12/h4-6H,2-3H2,1H3. The number of aryl methyl sites for hydroxylation is 1. The molecule has 88 valence electrons. The van der Waals surface area contributed by atoms with Crippen LogP contribution in [0.15, 0.2) is 17.0 Å². The van der Waals surface area contributed by atoms with E-state index in [0.29, 0.717) is 6.29 Å². The van der Waals surface area contributed by atoms with Gasteiger partial charge in [0.15, 0.2) is 21.5 Å². The number of rotatable bonds is 4. The molecule has 1 aromatic rings. The van der Waals surface area contributed by atoms with Crippen molar-refractivity contribution in [2.45, 2.75) is 17.7 Å². The van der Waals surface area contributed by atoms with Crippen LogP contribution in [0, 0.1) is 11.6 Å².